The lowest BCUT2D eigenvalue weighted by Crippen LogP contribution is -2.26. The molecule has 1 aliphatic rings. The van der Waals surface area contributed by atoms with E-state index in [-0.39, 0.29) is 12.2 Å². The van der Waals surface area contributed by atoms with E-state index in [1.807, 2.05) is 6.92 Å². The van der Waals surface area contributed by atoms with Crippen LogP contribution in [-0.4, -0.2) is 36.7 Å². The maximum Gasteiger partial charge on any atom is 0.410 e. The van der Waals surface area contributed by atoms with Crippen molar-refractivity contribution < 1.29 is 9.53 Å². The quantitative estimate of drug-likeness (QED) is 0.674. The Balaban J connectivity index is 2.34. The predicted octanol–water partition coefficient (Wildman–Crippen LogP) is 0.566. The standard InChI is InChI=1S/C8H16N2O2/c1-2-5-10-6-7(3-4-9)12-8(10)11/h7H,2-6,9H2,1H3. The Bertz CT molecular complexity index is 161. The molecular formula is C8H16N2O2. The molecule has 4 heteroatoms. The predicted molar refractivity (Wildman–Crippen MR) is 45.8 cm³/mol. The van der Waals surface area contributed by atoms with Crippen molar-refractivity contribution in [2.24, 2.45) is 5.73 Å². The largest absolute Gasteiger partial charge is 0.444 e. The maximum absolute atomic E-state index is 11.1. The van der Waals surface area contributed by atoms with Gasteiger partial charge in [-0.1, -0.05) is 6.92 Å². The van der Waals surface area contributed by atoms with E-state index in [4.69, 9.17) is 10.5 Å². The first-order chi connectivity index (χ1) is 5.77. The summed E-state index contributed by atoms with van der Waals surface area (Å²) in [5, 5.41) is 0. The van der Waals surface area contributed by atoms with Gasteiger partial charge >= 0.3 is 6.09 Å². The van der Waals surface area contributed by atoms with E-state index in [9.17, 15) is 4.79 Å². The molecule has 2 N–H and O–H groups in total. The fraction of sp³-hybridized carbons (Fsp3) is 0.875. The highest BCUT2D eigenvalue weighted by Gasteiger charge is 2.29. The molecule has 1 atom stereocenters. The number of nitrogens with two attached hydrogens (primary N) is 1. The van der Waals surface area contributed by atoms with Gasteiger partial charge in [0.15, 0.2) is 0 Å². The number of ether oxygens (including phenoxy) is 1. The molecule has 70 valence electrons. The van der Waals surface area contributed by atoms with E-state index in [0.717, 1.165) is 19.4 Å². The molecule has 1 unspecified atom stereocenters. The summed E-state index contributed by atoms with van der Waals surface area (Å²) < 4.78 is 5.07. The second kappa shape index (κ2) is 4.30. The molecule has 1 rings (SSSR count). The molecule has 1 fully saturated rings. The van der Waals surface area contributed by atoms with Crippen molar-refractivity contribution in [1.82, 2.24) is 4.90 Å². The van der Waals surface area contributed by atoms with E-state index >= 15 is 0 Å². The van der Waals surface area contributed by atoms with Gasteiger partial charge in [0.2, 0.25) is 0 Å². The van der Waals surface area contributed by atoms with Crippen LogP contribution in [0.1, 0.15) is 19.8 Å². The van der Waals surface area contributed by atoms with Crippen molar-refractivity contribution in [1.29, 1.82) is 0 Å². The van der Waals surface area contributed by atoms with Crippen LogP contribution in [0.5, 0.6) is 0 Å². The molecule has 0 aromatic heterocycles. The van der Waals surface area contributed by atoms with Crippen LogP contribution < -0.4 is 5.73 Å². The van der Waals surface area contributed by atoms with E-state index in [1.54, 1.807) is 4.90 Å². The topological polar surface area (TPSA) is 55.6 Å². The van der Waals surface area contributed by atoms with Gasteiger partial charge in [0.1, 0.15) is 6.10 Å². The number of hydrogen-bond acceptors (Lipinski definition) is 3. The zero-order chi connectivity index (χ0) is 8.97. The molecule has 0 aromatic rings. The fourth-order valence-electron chi connectivity index (χ4n) is 1.36. The number of hydrogen-bond donors (Lipinski definition) is 1. The molecule has 0 spiro atoms. The summed E-state index contributed by atoms with van der Waals surface area (Å²) in [4.78, 5) is 12.8. The van der Waals surface area contributed by atoms with Crippen molar-refractivity contribution in [2.75, 3.05) is 19.6 Å². The highest BCUT2D eigenvalue weighted by atomic mass is 16.6. The van der Waals surface area contributed by atoms with Crippen molar-refractivity contribution in [2.45, 2.75) is 25.9 Å². The van der Waals surface area contributed by atoms with Crippen LogP contribution >= 0.6 is 0 Å². The second-order valence-corrected chi connectivity index (χ2v) is 3.03. The summed E-state index contributed by atoms with van der Waals surface area (Å²) in [7, 11) is 0. The number of cyclic esters (lactones) is 1. The lowest BCUT2D eigenvalue weighted by Gasteiger charge is -2.09. The molecule has 4 nitrogen and oxygen atoms in total. The van der Waals surface area contributed by atoms with Crippen LogP contribution in [0.4, 0.5) is 4.79 Å². The Morgan fingerprint density at radius 3 is 3.08 bits per heavy atom. The average Bonchev–Trinajstić information content (AvgIpc) is 2.34. The van der Waals surface area contributed by atoms with Gasteiger partial charge in [-0.3, -0.25) is 0 Å². The maximum atomic E-state index is 11.1. The van der Waals surface area contributed by atoms with Crippen LogP contribution in [-0.2, 0) is 4.74 Å². The summed E-state index contributed by atoms with van der Waals surface area (Å²) in [6, 6.07) is 0. The van der Waals surface area contributed by atoms with Gasteiger partial charge in [-0.2, -0.15) is 0 Å². The number of carbonyl (C=O) groups is 1. The molecule has 0 saturated carbocycles. The highest BCUT2D eigenvalue weighted by Crippen LogP contribution is 2.13. The highest BCUT2D eigenvalue weighted by molar-refractivity contribution is 5.69. The number of nitrogens with zero attached hydrogens (tertiary/aromatic N) is 1. The Kier molecular flexibility index (Phi) is 3.34. The van der Waals surface area contributed by atoms with Crippen LogP contribution in [0.25, 0.3) is 0 Å². The summed E-state index contributed by atoms with van der Waals surface area (Å²) in [5.74, 6) is 0. The minimum Gasteiger partial charge on any atom is -0.444 e. The van der Waals surface area contributed by atoms with E-state index in [0.29, 0.717) is 13.1 Å². The van der Waals surface area contributed by atoms with Crippen LogP contribution in [0.15, 0.2) is 0 Å². The van der Waals surface area contributed by atoms with Crippen molar-refractivity contribution in [3.63, 3.8) is 0 Å². The zero-order valence-corrected chi connectivity index (χ0v) is 7.45. The first-order valence-corrected chi connectivity index (χ1v) is 4.43. The Morgan fingerprint density at radius 1 is 1.75 bits per heavy atom. The first kappa shape index (κ1) is 9.32. The van der Waals surface area contributed by atoms with Gasteiger partial charge in [0, 0.05) is 6.54 Å². The molecule has 1 amide bonds. The summed E-state index contributed by atoms with van der Waals surface area (Å²) in [5.41, 5.74) is 5.36. The lowest BCUT2D eigenvalue weighted by molar-refractivity contribution is 0.130. The Hall–Kier alpha value is -0.770. The van der Waals surface area contributed by atoms with Gasteiger partial charge in [-0.15, -0.1) is 0 Å². The molecule has 1 saturated heterocycles. The minimum atomic E-state index is -0.185. The molecule has 0 bridgehead atoms. The van der Waals surface area contributed by atoms with E-state index in [2.05, 4.69) is 0 Å². The summed E-state index contributed by atoms with van der Waals surface area (Å²) in [6.45, 7) is 4.13. The summed E-state index contributed by atoms with van der Waals surface area (Å²) in [6.07, 6.45) is 1.58. The molecule has 0 aliphatic carbocycles. The van der Waals surface area contributed by atoms with Crippen LogP contribution in [0.3, 0.4) is 0 Å². The molecule has 12 heavy (non-hydrogen) atoms. The SMILES string of the molecule is CCCN1CC(CCN)OC1=O. The lowest BCUT2D eigenvalue weighted by atomic mass is 10.2. The number of rotatable bonds is 4. The minimum absolute atomic E-state index is 0.0223. The summed E-state index contributed by atoms with van der Waals surface area (Å²) >= 11 is 0. The van der Waals surface area contributed by atoms with Crippen LogP contribution in [0, 0.1) is 0 Å². The third-order valence-corrected chi connectivity index (χ3v) is 1.93. The van der Waals surface area contributed by atoms with Gasteiger partial charge in [-0.25, -0.2) is 4.79 Å². The third kappa shape index (κ3) is 2.11. The normalized spacial score (nSPS) is 23.0. The molecule has 1 aliphatic heterocycles. The van der Waals surface area contributed by atoms with Crippen LogP contribution in [0.2, 0.25) is 0 Å². The molecule has 0 radical (unpaired) electrons. The third-order valence-electron chi connectivity index (χ3n) is 1.93. The van der Waals surface area contributed by atoms with Crippen molar-refractivity contribution in [3.8, 4) is 0 Å². The number of carbonyl (C=O) groups excluding carboxylic acids is 1. The fourth-order valence-corrected chi connectivity index (χ4v) is 1.36. The van der Waals surface area contributed by atoms with Crippen molar-refractivity contribution >= 4 is 6.09 Å². The molecule has 0 aromatic carbocycles. The monoisotopic (exact) mass is 172 g/mol. The Morgan fingerprint density at radius 2 is 2.50 bits per heavy atom. The van der Waals surface area contributed by atoms with Gasteiger partial charge in [0.05, 0.1) is 6.54 Å². The Labute approximate surface area is 72.7 Å². The second-order valence-electron chi connectivity index (χ2n) is 3.03. The van der Waals surface area contributed by atoms with Crippen molar-refractivity contribution in [3.05, 3.63) is 0 Å². The number of amides is 1. The zero-order valence-electron chi connectivity index (χ0n) is 7.45. The van der Waals surface area contributed by atoms with E-state index in [1.165, 1.54) is 0 Å². The van der Waals surface area contributed by atoms with Gasteiger partial charge in [0.25, 0.3) is 0 Å². The average molecular weight is 172 g/mol. The molecule has 1 heterocycles. The molecular weight excluding hydrogens is 156 g/mol. The van der Waals surface area contributed by atoms with Gasteiger partial charge < -0.3 is 15.4 Å². The van der Waals surface area contributed by atoms with Gasteiger partial charge in [-0.05, 0) is 19.4 Å². The smallest absolute Gasteiger partial charge is 0.410 e. The first-order valence-electron chi connectivity index (χ1n) is 4.43. The van der Waals surface area contributed by atoms with E-state index < -0.39 is 0 Å².